The van der Waals surface area contributed by atoms with Crippen LogP contribution < -0.4 is 10.6 Å². The van der Waals surface area contributed by atoms with Crippen molar-refractivity contribution in [2.45, 2.75) is 31.7 Å². The molecular formula is C14H20N2O3. The summed E-state index contributed by atoms with van der Waals surface area (Å²) in [4.78, 5) is 11.9. The van der Waals surface area contributed by atoms with E-state index in [0.717, 1.165) is 11.1 Å². The summed E-state index contributed by atoms with van der Waals surface area (Å²) in [6.45, 7) is 1.55. The van der Waals surface area contributed by atoms with Crippen molar-refractivity contribution in [3.63, 3.8) is 0 Å². The van der Waals surface area contributed by atoms with Crippen LogP contribution in [0.25, 0.3) is 0 Å². The van der Waals surface area contributed by atoms with Gasteiger partial charge >= 0.3 is 0 Å². The SMILES string of the molecule is COCc1cccc(CNC(=O)[C@H]2C[C@H](O)CN2)c1. The first kappa shape index (κ1) is 14.0. The van der Waals surface area contributed by atoms with Crippen molar-refractivity contribution < 1.29 is 14.6 Å². The molecule has 0 unspecified atom stereocenters. The van der Waals surface area contributed by atoms with Gasteiger partial charge in [-0.1, -0.05) is 24.3 Å². The zero-order valence-corrected chi connectivity index (χ0v) is 11.1. The summed E-state index contributed by atoms with van der Waals surface area (Å²) in [5.74, 6) is -0.0614. The van der Waals surface area contributed by atoms with Gasteiger partial charge in [0.05, 0.1) is 18.8 Å². The molecule has 0 radical (unpaired) electrons. The van der Waals surface area contributed by atoms with Gasteiger partial charge in [-0.05, 0) is 17.5 Å². The van der Waals surface area contributed by atoms with Crippen molar-refractivity contribution in [3.8, 4) is 0 Å². The molecule has 5 heteroatoms. The predicted octanol–water partition coefficient (Wildman–Crippen LogP) is 0.172. The highest BCUT2D eigenvalue weighted by Crippen LogP contribution is 2.08. The van der Waals surface area contributed by atoms with Gasteiger partial charge in [0.15, 0.2) is 0 Å². The zero-order chi connectivity index (χ0) is 13.7. The van der Waals surface area contributed by atoms with Crippen LogP contribution >= 0.6 is 0 Å². The van der Waals surface area contributed by atoms with E-state index in [-0.39, 0.29) is 11.9 Å². The lowest BCUT2D eigenvalue weighted by Gasteiger charge is -2.11. The third-order valence-corrected chi connectivity index (χ3v) is 3.19. The van der Waals surface area contributed by atoms with Crippen LogP contribution in [0.3, 0.4) is 0 Å². The second-order valence-corrected chi connectivity index (χ2v) is 4.82. The minimum absolute atomic E-state index is 0.0614. The van der Waals surface area contributed by atoms with Crippen molar-refractivity contribution >= 4 is 5.91 Å². The van der Waals surface area contributed by atoms with E-state index in [4.69, 9.17) is 4.74 Å². The van der Waals surface area contributed by atoms with E-state index >= 15 is 0 Å². The maximum absolute atomic E-state index is 11.9. The van der Waals surface area contributed by atoms with E-state index < -0.39 is 6.10 Å². The Morgan fingerprint density at radius 3 is 3.00 bits per heavy atom. The molecule has 5 nitrogen and oxygen atoms in total. The molecule has 1 aromatic rings. The molecule has 1 aliphatic heterocycles. The molecule has 0 aromatic heterocycles. The van der Waals surface area contributed by atoms with E-state index in [1.807, 2.05) is 24.3 Å². The van der Waals surface area contributed by atoms with Crippen molar-refractivity contribution in [3.05, 3.63) is 35.4 Å². The molecule has 3 N–H and O–H groups in total. The first-order valence-corrected chi connectivity index (χ1v) is 6.45. The molecule has 1 amide bonds. The first-order valence-electron chi connectivity index (χ1n) is 6.45. The number of nitrogens with one attached hydrogen (secondary N) is 2. The molecule has 0 spiro atoms. The molecular weight excluding hydrogens is 244 g/mol. The highest BCUT2D eigenvalue weighted by Gasteiger charge is 2.27. The molecule has 2 rings (SSSR count). The Bertz CT molecular complexity index is 436. The summed E-state index contributed by atoms with van der Waals surface area (Å²) in [6.07, 6.45) is 0.0658. The second kappa shape index (κ2) is 6.65. The number of aliphatic hydroxyl groups excluding tert-OH is 1. The van der Waals surface area contributed by atoms with Gasteiger partial charge in [0.1, 0.15) is 0 Å². The summed E-state index contributed by atoms with van der Waals surface area (Å²) in [5, 5.41) is 15.2. The number of carbonyl (C=O) groups excluding carboxylic acids is 1. The number of methoxy groups -OCH3 is 1. The van der Waals surface area contributed by atoms with Crippen LogP contribution in [0.4, 0.5) is 0 Å². The number of β-amino-alcohol motifs (C(OH)–C–C–N with tert-alkyl or cyclic N) is 1. The Labute approximate surface area is 113 Å². The number of amides is 1. The fourth-order valence-electron chi connectivity index (χ4n) is 2.23. The van der Waals surface area contributed by atoms with Crippen molar-refractivity contribution in [1.82, 2.24) is 10.6 Å². The van der Waals surface area contributed by atoms with Crippen LogP contribution in [0.1, 0.15) is 17.5 Å². The Morgan fingerprint density at radius 2 is 2.32 bits per heavy atom. The third-order valence-electron chi connectivity index (χ3n) is 3.19. The lowest BCUT2D eigenvalue weighted by atomic mass is 10.1. The fraction of sp³-hybridized carbons (Fsp3) is 0.500. The van der Waals surface area contributed by atoms with E-state index in [2.05, 4.69) is 10.6 Å². The van der Waals surface area contributed by atoms with Crippen LogP contribution in [0.15, 0.2) is 24.3 Å². The molecule has 1 aliphatic rings. The summed E-state index contributed by atoms with van der Waals surface area (Å²) in [5.41, 5.74) is 2.13. The van der Waals surface area contributed by atoms with E-state index in [0.29, 0.717) is 26.1 Å². The molecule has 1 fully saturated rings. The number of aliphatic hydroxyl groups is 1. The van der Waals surface area contributed by atoms with Gasteiger partial charge in [0, 0.05) is 20.2 Å². The van der Waals surface area contributed by atoms with Gasteiger partial charge in [-0.2, -0.15) is 0 Å². The number of rotatable bonds is 5. The van der Waals surface area contributed by atoms with Gasteiger partial charge in [-0.15, -0.1) is 0 Å². The molecule has 1 saturated heterocycles. The molecule has 0 saturated carbocycles. The predicted molar refractivity (Wildman–Crippen MR) is 71.4 cm³/mol. The largest absolute Gasteiger partial charge is 0.392 e. The van der Waals surface area contributed by atoms with Crippen LogP contribution in [-0.4, -0.2) is 36.8 Å². The minimum Gasteiger partial charge on any atom is -0.392 e. The number of hydrogen-bond acceptors (Lipinski definition) is 4. The van der Waals surface area contributed by atoms with Crippen molar-refractivity contribution in [2.24, 2.45) is 0 Å². The summed E-state index contributed by atoms with van der Waals surface area (Å²) >= 11 is 0. The second-order valence-electron chi connectivity index (χ2n) is 4.82. The maximum atomic E-state index is 11.9. The fourth-order valence-corrected chi connectivity index (χ4v) is 2.23. The molecule has 1 heterocycles. The Hall–Kier alpha value is -1.43. The zero-order valence-electron chi connectivity index (χ0n) is 11.1. The Morgan fingerprint density at radius 1 is 1.53 bits per heavy atom. The summed E-state index contributed by atoms with van der Waals surface area (Å²) in [6, 6.07) is 7.64. The van der Waals surface area contributed by atoms with Crippen LogP contribution in [0.5, 0.6) is 0 Å². The van der Waals surface area contributed by atoms with Crippen LogP contribution in [0, 0.1) is 0 Å². The molecule has 2 atom stereocenters. The van der Waals surface area contributed by atoms with Crippen LogP contribution in [-0.2, 0) is 22.7 Å². The quantitative estimate of drug-likeness (QED) is 0.709. The maximum Gasteiger partial charge on any atom is 0.237 e. The number of ether oxygens (including phenoxy) is 1. The molecule has 0 bridgehead atoms. The summed E-state index contributed by atoms with van der Waals surface area (Å²) in [7, 11) is 1.66. The topological polar surface area (TPSA) is 70.6 Å². The smallest absolute Gasteiger partial charge is 0.237 e. The molecule has 0 aliphatic carbocycles. The Balaban J connectivity index is 1.84. The first-order chi connectivity index (χ1) is 9.19. The van der Waals surface area contributed by atoms with Gasteiger partial charge in [-0.3, -0.25) is 4.79 Å². The number of benzene rings is 1. The lowest BCUT2D eigenvalue weighted by Crippen LogP contribution is -2.40. The van der Waals surface area contributed by atoms with Crippen molar-refractivity contribution in [2.75, 3.05) is 13.7 Å². The van der Waals surface area contributed by atoms with Gasteiger partial charge in [-0.25, -0.2) is 0 Å². The average molecular weight is 264 g/mol. The third kappa shape index (κ3) is 4.02. The van der Waals surface area contributed by atoms with Gasteiger partial charge < -0.3 is 20.5 Å². The number of hydrogen-bond donors (Lipinski definition) is 3. The highest BCUT2D eigenvalue weighted by atomic mass is 16.5. The van der Waals surface area contributed by atoms with Crippen molar-refractivity contribution in [1.29, 1.82) is 0 Å². The monoisotopic (exact) mass is 264 g/mol. The standard InChI is InChI=1S/C14H20N2O3/c1-19-9-11-4-2-3-10(5-11)7-16-14(18)13-6-12(17)8-15-13/h2-5,12-13,15,17H,6-9H2,1H3,(H,16,18)/t12-,13+/m0/s1. The normalized spacial score (nSPS) is 22.4. The molecule has 104 valence electrons. The van der Waals surface area contributed by atoms with Gasteiger partial charge in [0.25, 0.3) is 0 Å². The van der Waals surface area contributed by atoms with E-state index in [1.165, 1.54) is 0 Å². The van der Waals surface area contributed by atoms with E-state index in [9.17, 15) is 9.90 Å². The highest BCUT2D eigenvalue weighted by molar-refractivity contribution is 5.82. The van der Waals surface area contributed by atoms with E-state index in [1.54, 1.807) is 7.11 Å². The van der Waals surface area contributed by atoms with Gasteiger partial charge in [0.2, 0.25) is 5.91 Å². The molecule has 1 aromatic carbocycles. The lowest BCUT2D eigenvalue weighted by molar-refractivity contribution is -0.123. The Kier molecular flexibility index (Phi) is 4.90. The minimum atomic E-state index is -0.416. The molecule has 19 heavy (non-hydrogen) atoms. The average Bonchev–Trinajstić information content (AvgIpc) is 2.84. The summed E-state index contributed by atoms with van der Waals surface area (Å²) < 4.78 is 5.08. The number of carbonyl (C=O) groups is 1. The van der Waals surface area contributed by atoms with Crippen LogP contribution in [0.2, 0.25) is 0 Å².